The molecule has 1 aliphatic rings. The number of hydrogen-bond acceptors (Lipinski definition) is 5. The molecule has 0 bridgehead atoms. The van der Waals surface area contributed by atoms with Gasteiger partial charge in [0, 0.05) is 26.6 Å². The van der Waals surface area contributed by atoms with Gasteiger partial charge in [-0.25, -0.2) is 9.59 Å². The Morgan fingerprint density at radius 2 is 2.05 bits per heavy atom. The zero-order chi connectivity index (χ0) is 15.1. The largest absolute Gasteiger partial charge is 0.480 e. The summed E-state index contributed by atoms with van der Waals surface area (Å²) in [5.74, 6) is -1.58. The molecule has 9 heteroatoms. The number of β-amino-alcohol motifs (C(OH)–C–C–N with tert-alkyl or cyclic N) is 1. The smallest absolute Gasteiger partial charge is 0.326 e. The van der Waals surface area contributed by atoms with Crippen LogP contribution in [-0.4, -0.2) is 78.5 Å². The number of likely N-dealkylation sites (tertiary alicyclic amines) is 1. The number of nitrogens with one attached hydrogen (secondary N) is 2. The van der Waals surface area contributed by atoms with Crippen molar-refractivity contribution in [2.75, 3.05) is 33.4 Å². The Morgan fingerprint density at radius 3 is 2.65 bits per heavy atom. The lowest BCUT2D eigenvalue weighted by atomic mass is 10.2. The predicted molar refractivity (Wildman–Crippen MR) is 67.0 cm³/mol. The van der Waals surface area contributed by atoms with Crippen LogP contribution in [0.15, 0.2) is 0 Å². The molecule has 9 nitrogen and oxygen atoms in total. The topological polar surface area (TPSA) is 128 Å². The first-order valence-electron chi connectivity index (χ1n) is 6.16. The fourth-order valence-corrected chi connectivity index (χ4v) is 1.88. The van der Waals surface area contributed by atoms with Crippen LogP contribution in [0, 0.1) is 0 Å². The Balaban J connectivity index is 2.38. The molecule has 0 aliphatic carbocycles. The maximum atomic E-state index is 11.8. The van der Waals surface area contributed by atoms with Gasteiger partial charge in [0.25, 0.3) is 0 Å². The molecule has 1 rings (SSSR count). The molecule has 1 fully saturated rings. The molecular weight excluding hydrogens is 270 g/mol. The van der Waals surface area contributed by atoms with Crippen LogP contribution in [-0.2, 0) is 14.3 Å². The summed E-state index contributed by atoms with van der Waals surface area (Å²) >= 11 is 0. The summed E-state index contributed by atoms with van der Waals surface area (Å²) in [6.45, 7) is 0.361. The maximum Gasteiger partial charge on any atom is 0.326 e. The average molecular weight is 289 g/mol. The van der Waals surface area contributed by atoms with E-state index in [1.807, 2.05) is 0 Å². The van der Waals surface area contributed by atoms with E-state index in [-0.39, 0.29) is 19.5 Å². The first kappa shape index (κ1) is 16.2. The third-order valence-electron chi connectivity index (χ3n) is 2.85. The third-order valence-corrected chi connectivity index (χ3v) is 2.85. The summed E-state index contributed by atoms with van der Waals surface area (Å²) in [6.07, 6.45) is -0.875. The van der Waals surface area contributed by atoms with E-state index in [0.717, 1.165) is 4.90 Å². The van der Waals surface area contributed by atoms with Crippen molar-refractivity contribution in [2.24, 2.45) is 0 Å². The van der Waals surface area contributed by atoms with Gasteiger partial charge in [0.05, 0.1) is 19.3 Å². The normalized spacial score (nSPS) is 21.6. The number of carbonyl (C=O) groups is 3. The molecule has 0 radical (unpaired) electrons. The lowest BCUT2D eigenvalue weighted by Crippen LogP contribution is -2.48. The monoisotopic (exact) mass is 289 g/mol. The highest BCUT2D eigenvalue weighted by atomic mass is 16.5. The Hall–Kier alpha value is -1.87. The highest BCUT2D eigenvalue weighted by molar-refractivity contribution is 5.87. The maximum absolute atomic E-state index is 11.8. The highest BCUT2D eigenvalue weighted by Crippen LogP contribution is 2.17. The fourth-order valence-electron chi connectivity index (χ4n) is 1.88. The van der Waals surface area contributed by atoms with Gasteiger partial charge in [-0.3, -0.25) is 4.79 Å². The molecule has 20 heavy (non-hydrogen) atoms. The van der Waals surface area contributed by atoms with Gasteiger partial charge >= 0.3 is 12.0 Å². The van der Waals surface area contributed by atoms with Crippen molar-refractivity contribution in [3.8, 4) is 0 Å². The van der Waals surface area contributed by atoms with Crippen LogP contribution < -0.4 is 10.6 Å². The number of urea groups is 1. The molecule has 1 heterocycles. The molecule has 0 aromatic heterocycles. The third kappa shape index (κ3) is 4.67. The van der Waals surface area contributed by atoms with Gasteiger partial charge in [-0.15, -0.1) is 0 Å². The number of carboxylic acid groups (broad SMARTS) is 1. The van der Waals surface area contributed by atoms with Crippen LogP contribution >= 0.6 is 0 Å². The second kappa shape index (κ2) is 7.65. The minimum absolute atomic E-state index is 0.0111. The fraction of sp³-hybridized carbons (Fsp3) is 0.727. The van der Waals surface area contributed by atoms with Crippen molar-refractivity contribution in [3.63, 3.8) is 0 Å². The van der Waals surface area contributed by atoms with Gasteiger partial charge in [0.1, 0.15) is 6.04 Å². The zero-order valence-electron chi connectivity index (χ0n) is 11.2. The van der Waals surface area contributed by atoms with E-state index in [1.54, 1.807) is 0 Å². The van der Waals surface area contributed by atoms with Crippen LogP contribution in [0.1, 0.15) is 6.42 Å². The van der Waals surface area contributed by atoms with E-state index in [4.69, 9.17) is 9.84 Å². The number of carbonyl (C=O) groups excluding carboxylic acids is 2. The standard InChI is InChI=1S/C11H19N3O6/c1-20-3-2-12-9(16)5-13-11(19)14-6-7(15)4-8(14)10(17)18/h7-8,15H,2-6H2,1H3,(H,12,16)(H,13,19)(H,17,18)/t7?,8-/m0/s1. The van der Waals surface area contributed by atoms with E-state index >= 15 is 0 Å². The van der Waals surface area contributed by atoms with Crippen LogP contribution in [0.3, 0.4) is 0 Å². The van der Waals surface area contributed by atoms with E-state index in [0.29, 0.717) is 13.2 Å². The first-order chi connectivity index (χ1) is 9.45. The van der Waals surface area contributed by atoms with E-state index in [9.17, 15) is 19.5 Å². The lowest BCUT2D eigenvalue weighted by molar-refractivity contribution is -0.141. The summed E-state index contributed by atoms with van der Waals surface area (Å²) < 4.78 is 4.75. The number of aliphatic hydroxyl groups is 1. The van der Waals surface area contributed by atoms with Crippen LogP contribution in [0.4, 0.5) is 4.79 Å². The van der Waals surface area contributed by atoms with Crippen molar-refractivity contribution in [1.29, 1.82) is 0 Å². The molecule has 0 aromatic rings. The summed E-state index contributed by atoms with van der Waals surface area (Å²) in [5.41, 5.74) is 0. The number of rotatable bonds is 6. The second-order valence-corrected chi connectivity index (χ2v) is 4.40. The number of methoxy groups -OCH3 is 1. The number of nitrogens with zero attached hydrogens (tertiary/aromatic N) is 1. The number of hydrogen-bond donors (Lipinski definition) is 4. The zero-order valence-corrected chi connectivity index (χ0v) is 11.2. The first-order valence-corrected chi connectivity index (χ1v) is 6.16. The van der Waals surface area contributed by atoms with Gasteiger partial charge in [-0.2, -0.15) is 0 Å². The molecule has 3 amide bonds. The van der Waals surface area contributed by atoms with Crippen molar-refractivity contribution in [3.05, 3.63) is 0 Å². The molecule has 4 N–H and O–H groups in total. The number of ether oxygens (including phenoxy) is 1. The summed E-state index contributed by atoms with van der Waals surface area (Å²) in [4.78, 5) is 35.1. The molecule has 1 unspecified atom stereocenters. The molecule has 114 valence electrons. The van der Waals surface area contributed by atoms with Gasteiger partial charge in [-0.1, -0.05) is 0 Å². The van der Waals surface area contributed by atoms with Crippen LogP contribution in [0.5, 0.6) is 0 Å². The van der Waals surface area contributed by atoms with Crippen LogP contribution in [0.25, 0.3) is 0 Å². The summed E-state index contributed by atoms with van der Waals surface area (Å²) in [7, 11) is 1.50. The number of aliphatic carboxylic acids is 1. The van der Waals surface area contributed by atoms with Crippen molar-refractivity contribution >= 4 is 17.9 Å². The number of amides is 3. The Bertz CT molecular complexity index is 375. The quantitative estimate of drug-likeness (QED) is 0.418. The number of carboxylic acids is 1. The second-order valence-electron chi connectivity index (χ2n) is 4.40. The van der Waals surface area contributed by atoms with Crippen molar-refractivity contribution < 1.29 is 29.3 Å². The minimum Gasteiger partial charge on any atom is -0.480 e. The molecular formula is C11H19N3O6. The summed E-state index contributed by atoms with van der Waals surface area (Å²) in [5, 5.41) is 23.2. The summed E-state index contributed by atoms with van der Waals surface area (Å²) in [6, 6.07) is -1.75. The van der Waals surface area contributed by atoms with E-state index < -0.39 is 30.1 Å². The lowest BCUT2D eigenvalue weighted by Gasteiger charge is -2.21. The highest BCUT2D eigenvalue weighted by Gasteiger charge is 2.38. The Labute approximate surface area is 115 Å². The van der Waals surface area contributed by atoms with Crippen LogP contribution in [0.2, 0.25) is 0 Å². The van der Waals surface area contributed by atoms with E-state index in [1.165, 1.54) is 7.11 Å². The van der Waals surface area contributed by atoms with Gasteiger partial charge in [0.2, 0.25) is 5.91 Å². The van der Waals surface area contributed by atoms with Crippen molar-refractivity contribution in [1.82, 2.24) is 15.5 Å². The minimum atomic E-state index is -1.18. The van der Waals surface area contributed by atoms with Gasteiger partial charge in [-0.05, 0) is 0 Å². The Morgan fingerprint density at radius 1 is 1.35 bits per heavy atom. The van der Waals surface area contributed by atoms with Crippen molar-refractivity contribution in [2.45, 2.75) is 18.6 Å². The molecule has 0 spiro atoms. The molecule has 2 atom stereocenters. The molecule has 1 saturated heterocycles. The predicted octanol–water partition coefficient (Wildman–Crippen LogP) is -2.02. The SMILES string of the molecule is COCCNC(=O)CNC(=O)N1CC(O)C[C@H]1C(=O)O. The van der Waals surface area contributed by atoms with Gasteiger partial charge in [0.15, 0.2) is 0 Å². The molecule has 0 aromatic carbocycles. The Kier molecular flexibility index (Phi) is 6.19. The van der Waals surface area contributed by atoms with E-state index in [2.05, 4.69) is 10.6 Å². The van der Waals surface area contributed by atoms with Gasteiger partial charge < -0.3 is 30.5 Å². The molecule has 1 aliphatic heterocycles. The molecule has 0 saturated carbocycles. The average Bonchev–Trinajstić information content (AvgIpc) is 2.78. The number of aliphatic hydroxyl groups excluding tert-OH is 1.